The Morgan fingerprint density at radius 2 is 1.92 bits per heavy atom. The molecule has 1 aliphatic heterocycles. The van der Waals surface area contributed by atoms with Crippen LogP contribution < -0.4 is 15.1 Å². The Kier molecular flexibility index (Phi) is 7.38. The average Bonchev–Trinajstić information content (AvgIpc) is 2.58. The van der Waals surface area contributed by atoms with Gasteiger partial charge in [0.1, 0.15) is 11.6 Å². The van der Waals surface area contributed by atoms with Gasteiger partial charge in [-0.3, -0.25) is 0 Å². The number of hydrogen-bond donors (Lipinski definition) is 2. The first-order valence-electron chi connectivity index (χ1n) is 9.29. The van der Waals surface area contributed by atoms with Crippen molar-refractivity contribution in [3.05, 3.63) is 17.6 Å². The lowest BCUT2D eigenvalue weighted by Crippen LogP contribution is -3.05. The van der Waals surface area contributed by atoms with Crippen molar-refractivity contribution in [3.63, 3.8) is 0 Å². The second-order valence-corrected chi connectivity index (χ2v) is 7.78. The van der Waals surface area contributed by atoms with Crippen LogP contribution in [0.3, 0.4) is 0 Å². The fourth-order valence-electron chi connectivity index (χ4n) is 2.88. The van der Waals surface area contributed by atoms with Gasteiger partial charge in [-0.25, -0.2) is 9.97 Å². The number of nitrogens with zero attached hydrogens (tertiary/aromatic N) is 4. The van der Waals surface area contributed by atoms with Gasteiger partial charge in [-0.05, 0) is 19.1 Å². The van der Waals surface area contributed by atoms with Crippen LogP contribution in [0.4, 0.5) is 5.82 Å². The summed E-state index contributed by atoms with van der Waals surface area (Å²) in [4.78, 5) is 15.4. The first-order chi connectivity index (χ1) is 11.9. The summed E-state index contributed by atoms with van der Waals surface area (Å²) in [7, 11) is 4.36. The van der Waals surface area contributed by atoms with E-state index in [0.29, 0.717) is 5.92 Å². The largest absolute Gasteiger partial charge is 0.362 e. The summed E-state index contributed by atoms with van der Waals surface area (Å²) in [5, 5.41) is 4.28. The molecule has 7 heteroatoms. The molecule has 1 fully saturated rings. The van der Waals surface area contributed by atoms with Gasteiger partial charge in [-0.2, -0.15) is 0 Å². The SMILES string of the molecule is Cc1cc(N2CCN(C(=S)NCCC[NH+](C)C)CC2)nc(C(C)C)n1. The summed E-state index contributed by atoms with van der Waals surface area (Å²) in [6, 6.07) is 2.09. The first kappa shape index (κ1) is 19.8. The first-order valence-corrected chi connectivity index (χ1v) is 9.70. The lowest BCUT2D eigenvalue weighted by molar-refractivity contribution is -0.858. The van der Waals surface area contributed by atoms with Crippen molar-refractivity contribution in [1.82, 2.24) is 20.2 Å². The van der Waals surface area contributed by atoms with E-state index in [9.17, 15) is 0 Å². The highest BCUT2D eigenvalue weighted by atomic mass is 32.1. The van der Waals surface area contributed by atoms with Gasteiger partial charge in [-0.15, -0.1) is 0 Å². The number of thiocarbonyl (C=S) groups is 1. The van der Waals surface area contributed by atoms with Gasteiger partial charge < -0.3 is 20.0 Å². The molecule has 140 valence electrons. The molecule has 0 radical (unpaired) electrons. The molecule has 0 unspecified atom stereocenters. The summed E-state index contributed by atoms with van der Waals surface area (Å²) in [5.41, 5.74) is 1.04. The van der Waals surface area contributed by atoms with E-state index in [-0.39, 0.29) is 0 Å². The van der Waals surface area contributed by atoms with Crippen molar-refractivity contribution in [2.45, 2.75) is 33.1 Å². The monoisotopic (exact) mass is 365 g/mol. The number of aryl methyl sites for hydroxylation is 1. The molecule has 0 amide bonds. The zero-order valence-corrected chi connectivity index (χ0v) is 17.1. The Hall–Kier alpha value is -1.47. The van der Waals surface area contributed by atoms with Crippen LogP contribution in [0.2, 0.25) is 0 Å². The molecule has 0 bridgehead atoms. The second kappa shape index (κ2) is 9.29. The quantitative estimate of drug-likeness (QED) is 0.564. The zero-order chi connectivity index (χ0) is 18.4. The van der Waals surface area contributed by atoms with Crippen LogP contribution in [0, 0.1) is 6.92 Å². The maximum absolute atomic E-state index is 5.55. The Labute approximate surface area is 157 Å². The molecule has 0 saturated carbocycles. The van der Waals surface area contributed by atoms with E-state index in [0.717, 1.165) is 68.1 Å². The maximum atomic E-state index is 5.55. The van der Waals surface area contributed by atoms with Crippen molar-refractivity contribution in [1.29, 1.82) is 0 Å². The second-order valence-electron chi connectivity index (χ2n) is 7.40. The van der Waals surface area contributed by atoms with Gasteiger partial charge in [0.15, 0.2) is 5.11 Å². The van der Waals surface area contributed by atoms with E-state index in [1.807, 2.05) is 6.92 Å². The highest BCUT2D eigenvalue weighted by Crippen LogP contribution is 2.18. The highest BCUT2D eigenvalue weighted by Gasteiger charge is 2.20. The molecule has 2 rings (SSSR count). The molecule has 1 aromatic rings. The number of rotatable bonds is 6. The molecule has 1 saturated heterocycles. The normalized spacial score (nSPS) is 15.2. The summed E-state index contributed by atoms with van der Waals surface area (Å²) in [6.45, 7) is 12.2. The van der Waals surface area contributed by atoms with E-state index in [1.54, 1.807) is 0 Å². The average molecular weight is 366 g/mol. The van der Waals surface area contributed by atoms with Crippen LogP contribution in [-0.4, -0.2) is 73.3 Å². The predicted octanol–water partition coefficient (Wildman–Crippen LogP) is 0.440. The summed E-state index contributed by atoms with van der Waals surface area (Å²) in [5.74, 6) is 2.32. The molecular weight excluding hydrogens is 332 g/mol. The smallest absolute Gasteiger partial charge is 0.169 e. The number of quaternary nitrogens is 1. The molecule has 1 aromatic heterocycles. The van der Waals surface area contributed by atoms with E-state index in [4.69, 9.17) is 17.2 Å². The topological polar surface area (TPSA) is 48.7 Å². The molecule has 0 aliphatic carbocycles. The maximum Gasteiger partial charge on any atom is 0.169 e. The van der Waals surface area contributed by atoms with Crippen LogP contribution in [0.1, 0.15) is 37.7 Å². The molecule has 2 heterocycles. The fraction of sp³-hybridized carbons (Fsp3) is 0.722. The fourth-order valence-corrected chi connectivity index (χ4v) is 3.17. The molecule has 1 aliphatic rings. The summed E-state index contributed by atoms with van der Waals surface area (Å²) in [6.07, 6.45) is 1.14. The van der Waals surface area contributed by atoms with Crippen molar-refractivity contribution in [2.24, 2.45) is 0 Å². The third-order valence-corrected chi connectivity index (χ3v) is 4.80. The Balaban J connectivity index is 1.84. The van der Waals surface area contributed by atoms with Crippen LogP contribution in [0.15, 0.2) is 6.07 Å². The lowest BCUT2D eigenvalue weighted by atomic mass is 10.2. The van der Waals surface area contributed by atoms with Crippen LogP contribution in [0.5, 0.6) is 0 Å². The molecule has 25 heavy (non-hydrogen) atoms. The van der Waals surface area contributed by atoms with Gasteiger partial charge in [0.25, 0.3) is 0 Å². The molecule has 2 N–H and O–H groups in total. The number of piperazine rings is 1. The Bertz CT molecular complexity index is 567. The van der Waals surface area contributed by atoms with Crippen molar-refractivity contribution < 1.29 is 4.90 Å². The molecule has 0 spiro atoms. The van der Waals surface area contributed by atoms with Crippen molar-refractivity contribution in [3.8, 4) is 0 Å². The van der Waals surface area contributed by atoms with Crippen LogP contribution in [-0.2, 0) is 0 Å². The summed E-state index contributed by atoms with van der Waals surface area (Å²) >= 11 is 5.55. The third kappa shape index (κ3) is 6.08. The minimum Gasteiger partial charge on any atom is -0.362 e. The van der Waals surface area contributed by atoms with E-state index < -0.39 is 0 Å². The van der Waals surface area contributed by atoms with Gasteiger partial charge in [0, 0.05) is 56.8 Å². The molecular formula is C18H33N6S+. The van der Waals surface area contributed by atoms with Gasteiger partial charge in [-0.1, -0.05) is 13.8 Å². The van der Waals surface area contributed by atoms with Gasteiger partial charge in [0.2, 0.25) is 0 Å². The van der Waals surface area contributed by atoms with Crippen molar-refractivity contribution in [2.75, 3.05) is 58.3 Å². The minimum atomic E-state index is 0.348. The van der Waals surface area contributed by atoms with Crippen LogP contribution in [0.25, 0.3) is 0 Å². The Morgan fingerprint density at radius 3 is 2.52 bits per heavy atom. The molecule has 6 nitrogen and oxygen atoms in total. The molecule has 0 aromatic carbocycles. The number of aromatic nitrogens is 2. The minimum absolute atomic E-state index is 0.348. The number of nitrogens with one attached hydrogen (secondary N) is 2. The predicted molar refractivity (Wildman–Crippen MR) is 108 cm³/mol. The highest BCUT2D eigenvalue weighted by molar-refractivity contribution is 7.80. The summed E-state index contributed by atoms with van der Waals surface area (Å²) < 4.78 is 0. The number of hydrogen-bond acceptors (Lipinski definition) is 4. The van der Waals surface area contributed by atoms with E-state index >= 15 is 0 Å². The van der Waals surface area contributed by atoms with Crippen LogP contribution >= 0.6 is 12.2 Å². The zero-order valence-electron chi connectivity index (χ0n) is 16.3. The molecule has 0 atom stereocenters. The van der Waals surface area contributed by atoms with Crippen molar-refractivity contribution >= 4 is 23.1 Å². The third-order valence-electron chi connectivity index (χ3n) is 4.40. The number of anilines is 1. The van der Waals surface area contributed by atoms with E-state index in [2.05, 4.69) is 54.1 Å². The van der Waals surface area contributed by atoms with Gasteiger partial charge >= 0.3 is 0 Å². The van der Waals surface area contributed by atoms with E-state index in [1.165, 1.54) is 4.90 Å². The lowest BCUT2D eigenvalue weighted by Gasteiger charge is -2.37. The standard InChI is InChI=1S/C18H32N6S/c1-14(2)17-20-15(3)13-16(21-17)23-9-11-24(12-10-23)18(25)19-7-6-8-22(4)5/h13-14H,6-12H2,1-5H3,(H,19,25)/p+1. The van der Waals surface area contributed by atoms with Gasteiger partial charge in [0.05, 0.1) is 20.6 Å². The Morgan fingerprint density at radius 1 is 1.24 bits per heavy atom.